The molecule has 15 heteroatoms. The summed E-state index contributed by atoms with van der Waals surface area (Å²) in [7, 11) is 25.3. The second-order valence-corrected chi connectivity index (χ2v) is 25.2. The predicted octanol–water partition coefficient (Wildman–Crippen LogP) is 17.1. The van der Waals surface area contributed by atoms with Gasteiger partial charge in [-0.2, -0.15) is 0 Å². The zero-order chi connectivity index (χ0) is 41.8. The summed E-state index contributed by atoms with van der Waals surface area (Å²) < 4.78 is 0. The van der Waals surface area contributed by atoms with E-state index in [0.29, 0.717) is 15.8 Å². The Kier molecular flexibility index (Phi) is 80.3. The number of nitroso groups, excluding NO2 is 2. The number of pyridine rings is 2. The van der Waals surface area contributed by atoms with E-state index in [4.69, 9.17) is 71.2 Å². The van der Waals surface area contributed by atoms with E-state index in [2.05, 4.69) is 65.4 Å². The van der Waals surface area contributed by atoms with Crippen molar-refractivity contribution in [2.45, 2.75) is 145 Å². The molecule has 0 fully saturated rings. The molecule has 0 amide bonds. The van der Waals surface area contributed by atoms with Crippen molar-refractivity contribution >= 4 is 66.1 Å². The van der Waals surface area contributed by atoms with Crippen molar-refractivity contribution in [1.29, 1.82) is 0 Å². The first kappa shape index (κ1) is 65.7. The zero-order valence-electron chi connectivity index (χ0n) is 34.0. The average Bonchev–Trinajstić information content (AvgIpc) is 3.20. The van der Waals surface area contributed by atoms with Gasteiger partial charge in [-0.1, -0.05) is 93.9 Å². The van der Waals surface area contributed by atoms with E-state index < -0.39 is 11.4 Å². The molecule has 0 unspecified atom stereocenters. The SMILES string of the molecule is CCCCP(CCCC)CCCC.CCCCP(CCCC)CCCC.CCc1ccncc1.CCc1ccncc1.[Cl][Cr]([Cl])[Cl].[Cl][Cr][Cl].[N-]=O.[N-]=O. The average molecular weight is 960 g/mol. The summed E-state index contributed by atoms with van der Waals surface area (Å²) in [5.74, 6) is 0. The van der Waals surface area contributed by atoms with E-state index >= 15 is 0 Å². The second-order valence-electron chi connectivity index (χ2n) is 11.5. The normalized spacial score (nSPS) is 9.36. The van der Waals surface area contributed by atoms with Gasteiger partial charge in [-0.05, 0) is 124 Å². The van der Waals surface area contributed by atoms with Gasteiger partial charge < -0.3 is 21.0 Å². The Morgan fingerprint density at radius 1 is 0.491 bits per heavy atom. The Morgan fingerprint density at radius 3 is 0.774 bits per heavy atom. The summed E-state index contributed by atoms with van der Waals surface area (Å²) in [5.41, 5.74) is 14.2. The van der Waals surface area contributed by atoms with E-state index in [1.54, 1.807) is 37.0 Å². The minimum absolute atomic E-state index is 0.181. The minimum atomic E-state index is -1.62. The molecular weight excluding hydrogens is 888 g/mol. The van der Waals surface area contributed by atoms with Gasteiger partial charge in [0.15, 0.2) is 0 Å². The van der Waals surface area contributed by atoms with Gasteiger partial charge in [0.2, 0.25) is 0 Å². The number of hydrogen-bond donors (Lipinski definition) is 0. The van der Waals surface area contributed by atoms with E-state index in [1.807, 2.05) is 49.1 Å². The third kappa shape index (κ3) is 68.0. The summed E-state index contributed by atoms with van der Waals surface area (Å²) >= 11 is -1.81. The van der Waals surface area contributed by atoms with E-state index in [-0.39, 0.29) is 13.4 Å². The molecule has 0 saturated carbocycles. The quantitative estimate of drug-likeness (QED) is 0.123. The van der Waals surface area contributed by atoms with Gasteiger partial charge >= 0.3 is 75.0 Å². The summed E-state index contributed by atoms with van der Waals surface area (Å²) in [4.78, 5) is 22.3. The van der Waals surface area contributed by atoms with Gasteiger partial charge in [0.05, 0.1) is 0 Å². The Labute approximate surface area is 361 Å². The molecule has 2 aromatic rings. The van der Waals surface area contributed by atoms with Crippen LogP contribution in [0.2, 0.25) is 0 Å². The maximum atomic E-state index is 7.25. The van der Waals surface area contributed by atoms with Crippen LogP contribution in [0.15, 0.2) is 49.1 Å². The number of aromatic nitrogens is 2. The number of unbranched alkanes of at least 4 members (excludes halogenated alkanes) is 6. The Hall–Kier alpha value is 0.875. The first-order valence-electron chi connectivity index (χ1n) is 18.9. The topological polar surface area (TPSA) is 105 Å². The molecule has 0 radical (unpaired) electrons. The maximum Gasteiger partial charge on any atom is -0.423 e. The third-order valence-corrected chi connectivity index (χ3v) is 13.0. The number of aryl methyl sites for hydroxylation is 2. The third-order valence-electron chi connectivity index (χ3n) is 7.28. The van der Waals surface area contributed by atoms with Crippen molar-refractivity contribution < 1.29 is 24.8 Å². The van der Waals surface area contributed by atoms with Gasteiger partial charge in [-0.15, -0.1) is 15.8 Å². The fourth-order valence-corrected chi connectivity index (χ4v) is 10.1. The van der Waals surface area contributed by atoms with Crippen LogP contribution in [0.25, 0.3) is 11.2 Å². The smallest absolute Gasteiger partial charge is 0.423 e. The summed E-state index contributed by atoms with van der Waals surface area (Å²) in [6.45, 7) is 18.1. The minimum Gasteiger partial charge on any atom is -0.577 e. The van der Waals surface area contributed by atoms with Crippen LogP contribution in [0, 0.1) is 9.81 Å². The van der Waals surface area contributed by atoms with Crippen LogP contribution in [-0.2, 0) is 37.6 Å². The molecule has 53 heavy (non-hydrogen) atoms. The van der Waals surface area contributed by atoms with E-state index in [1.165, 1.54) is 88.2 Å². The standard InChI is InChI=1S/2C12H27P.2C7H9N.5ClH.2Cr.2NO/c2*1-4-7-10-13(11-8-5-2)12-9-6-3;2*1-2-7-3-5-8-6-4-7;;;;;;;;2*1-2/h2*4-12H2,1-3H3;2*3-6H,2H2,1H3;5*1H;;;;/q;;;;;;;;;+2;+3;2*-1/p-5. The van der Waals surface area contributed by atoms with Gasteiger partial charge in [0.25, 0.3) is 0 Å². The van der Waals surface area contributed by atoms with Gasteiger partial charge in [-0.3, -0.25) is 9.97 Å². The van der Waals surface area contributed by atoms with Crippen molar-refractivity contribution in [2.75, 3.05) is 37.0 Å². The van der Waals surface area contributed by atoms with Crippen LogP contribution >= 0.6 is 66.1 Å². The van der Waals surface area contributed by atoms with Crippen molar-refractivity contribution in [3.63, 3.8) is 0 Å². The van der Waals surface area contributed by atoms with Crippen LogP contribution < -0.4 is 0 Å². The van der Waals surface area contributed by atoms with Crippen LogP contribution in [0.5, 0.6) is 0 Å². The van der Waals surface area contributed by atoms with Gasteiger partial charge in [0.1, 0.15) is 0 Å². The van der Waals surface area contributed by atoms with Crippen LogP contribution in [0.3, 0.4) is 0 Å². The number of rotatable bonds is 20. The molecule has 0 aliphatic carbocycles. The molecule has 0 N–H and O–H groups in total. The number of halogens is 5. The largest absolute Gasteiger partial charge is 0.577 e. The molecule has 0 spiro atoms. The molecular formula is C38H72Cl5Cr2N4O2P2-2. The van der Waals surface area contributed by atoms with Crippen molar-refractivity contribution in [1.82, 2.24) is 9.97 Å². The summed E-state index contributed by atoms with van der Waals surface area (Å²) in [6.07, 6.45) is 35.9. The fraction of sp³-hybridized carbons (Fsp3) is 0.737. The molecule has 0 saturated heterocycles. The van der Waals surface area contributed by atoms with E-state index in [0.717, 1.165) is 12.8 Å². The monoisotopic (exact) mass is 957 g/mol. The van der Waals surface area contributed by atoms with Crippen molar-refractivity contribution in [2.24, 2.45) is 0 Å². The molecule has 0 bridgehead atoms. The second kappa shape index (κ2) is 64.8. The van der Waals surface area contributed by atoms with Crippen LogP contribution in [-0.4, -0.2) is 46.9 Å². The Morgan fingerprint density at radius 2 is 0.660 bits per heavy atom. The summed E-state index contributed by atoms with van der Waals surface area (Å²) in [6, 6.07) is 8.11. The maximum absolute atomic E-state index is 7.25. The Bertz CT molecular complexity index is 764. The van der Waals surface area contributed by atoms with E-state index in [9.17, 15) is 0 Å². The Balaban J connectivity index is -0.000000129. The van der Waals surface area contributed by atoms with Crippen LogP contribution in [0.4, 0.5) is 0 Å². The molecule has 0 atom stereocenters. The molecule has 2 rings (SSSR count). The summed E-state index contributed by atoms with van der Waals surface area (Å²) in [5, 5.41) is 0. The van der Waals surface area contributed by atoms with Gasteiger partial charge in [-0.25, -0.2) is 0 Å². The van der Waals surface area contributed by atoms with Crippen molar-refractivity contribution in [3.8, 4) is 0 Å². The van der Waals surface area contributed by atoms with Crippen LogP contribution in [0.1, 0.15) is 144 Å². The predicted molar refractivity (Wildman–Crippen MR) is 242 cm³/mol. The molecule has 2 heterocycles. The number of nitrogens with zero attached hydrogens (tertiary/aromatic N) is 4. The first-order valence-corrected chi connectivity index (χ1v) is 31.5. The first-order chi connectivity index (χ1) is 25.7. The van der Waals surface area contributed by atoms with Gasteiger partial charge in [0, 0.05) is 24.8 Å². The zero-order valence-corrected chi connectivity index (χ0v) is 42.1. The molecule has 0 aliphatic heterocycles. The molecule has 0 aromatic carbocycles. The molecule has 6 nitrogen and oxygen atoms in total. The molecule has 315 valence electrons. The fourth-order valence-electron chi connectivity index (χ4n) is 4.20. The molecule has 0 aliphatic rings. The van der Waals surface area contributed by atoms with Crippen molar-refractivity contribution in [3.05, 3.63) is 81.2 Å². The molecule has 2 aromatic heterocycles. The number of hydrogen-bond acceptors (Lipinski definition) is 4.